The van der Waals surface area contributed by atoms with Gasteiger partial charge < -0.3 is 0 Å². The van der Waals surface area contributed by atoms with Crippen LogP contribution in [0.2, 0.25) is 0 Å². The molecule has 8 nitrogen and oxygen atoms in total. The van der Waals surface area contributed by atoms with E-state index in [4.69, 9.17) is 5.53 Å². The van der Waals surface area contributed by atoms with Crippen molar-refractivity contribution >= 4 is 5.78 Å². The second-order valence-corrected chi connectivity index (χ2v) is 6.88. The number of carbonyl (C=O) groups excluding carboxylic acids is 1. The molecule has 0 saturated heterocycles. The van der Waals surface area contributed by atoms with Crippen LogP contribution in [0.1, 0.15) is 52.5 Å². The molecule has 0 aliphatic carbocycles. The first kappa shape index (κ1) is 20.9. The lowest BCUT2D eigenvalue weighted by Gasteiger charge is -2.17. The number of rotatable bonds is 7. The number of benzene rings is 1. The van der Waals surface area contributed by atoms with Crippen molar-refractivity contribution in [1.29, 1.82) is 0 Å². The largest absolute Gasteiger partial charge is 0.329 e. The predicted octanol–water partition coefficient (Wildman–Crippen LogP) is 3.37. The van der Waals surface area contributed by atoms with Crippen molar-refractivity contribution in [3.05, 3.63) is 89.6 Å². The molecule has 28 heavy (non-hydrogen) atoms. The van der Waals surface area contributed by atoms with Crippen molar-refractivity contribution in [1.82, 2.24) is 9.55 Å². The second kappa shape index (κ2) is 9.01. The molecule has 146 valence electrons. The third-order valence-electron chi connectivity index (χ3n) is 4.22. The maximum atomic E-state index is 13.3. The van der Waals surface area contributed by atoms with Crippen molar-refractivity contribution in [2.24, 2.45) is 5.11 Å². The second-order valence-electron chi connectivity index (χ2n) is 6.88. The summed E-state index contributed by atoms with van der Waals surface area (Å²) in [6.45, 7) is 7.57. The minimum absolute atomic E-state index is 0.0716. The minimum atomic E-state index is -0.657. The SMILES string of the molecule is Cc1cc(C)cc(C(=O)c2c(C(C)C)c(=O)[nH]c(=O)n2CC=CCN=[N+]=[N-])c1. The molecule has 0 aliphatic rings. The zero-order valence-corrected chi connectivity index (χ0v) is 16.4. The standard InChI is InChI=1S/C20H23N5O3/c1-12(2)16-17(18(26)15-10-13(3)9-14(4)11-15)25(20(28)23-19(16)27)8-6-5-7-22-24-21/h5-6,9-12H,7-8H2,1-4H3,(H,23,27,28). The Hall–Kier alpha value is -3.38. The minimum Gasteiger partial charge on any atom is -0.287 e. The number of nitrogens with zero attached hydrogens (tertiary/aromatic N) is 4. The summed E-state index contributed by atoms with van der Waals surface area (Å²) in [6, 6.07) is 5.43. The quantitative estimate of drug-likeness (QED) is 0.260. The van der Waals surface area contributed by atoms with Crippen LogP contribution in [0.4, 0.5) is 0 Å². The summed E-state index contributed by atoms with van der Waals surface area (Å²) < 4.78 is 1.25. The van der Waals surface area contributed by atoms with Crippen LogP contribution in [0.25, 0.3) is 10.4 Å². The van der Waals surface area contributed by atoms with Crippen molar-refractivity contribution in [2.45, 2.75) is 40.2 Å². The average Bonchev–Trinajstić information content (AvgIpc) is 2.60. The van der Waals surface area contributed by atoms with Gasteiger partial charge in [0.25, 0.3) is 5.56 Å². The lowest BCUT2D eigenvalue weighted by molar-refractivity contribution is 0.102. The molecule has 0 saturated carbocycles. The van der Waals surface area contributed by atoms with E-state index >= 15 is 0 Å². The number of azide groups is 1. The van der Waals surface area contributed by atoms with Crippen molar-refractivity contribution in [3.8, 4) is 0 Å². The summed E-state index contributed by atoms with van der Waals surface area (Å²) in [6.07, 6.45) is 3.22. The predicted molar refractivity (Wildman–Crippen MR) is 108 cm³/mol. The smallest absolute Gasteiger partial charge is 0.287 e. The zero-order valence-electron chi connectivity index (χ0n) is 16.4. The lowest BCUT2D eigenvalue weighted by Crippen LogP contribution is -2.37. The van der Waals surface area contributed by atoms with Gasteiger partial charge in [-0.2, -0.15) is 0 Å². The highest BCUT2D eigenvalue weighted by Crippen LogP contribution is 2.19. The molecule has 0 amide bonds. The lowest BCUT2D eigenvalue weighted by atomic mass is 9.95. The van der Waals surface area contributed by atoms with Crippen LogP contribution in [0, 0.1) is 13.8 Å². The van der Waals surface area contributed by atoms with Gasteiger partial charge in [0.1, 0.15) is 5.69 Å². The molecule has 0 spiro atoms. The van der Waals surface area contributed by atoms with Crippen LogP contribution in [0.5, 0.6) is 0 Å². The van der Waals surface area contributed by atoms with Crippen LogP contribution >= 0.6 is 0 Å². The van der Waals surface area contributed by atoms with E-state index in [0.717, 1.165) is 11.1 Å². The van der Waals surface area contributed by atoms with Crippen LogP contribution in [0.3, 0.4) is 0 Å². The van der Waals surface area contributed by atoms with E-state index < -0.39 is 11.2 Å². The summed E-state index contributed by atoms with van der Waals surface area (Å²) in [5.74, 6) is -0.630. The van der Waals surface area contributed by atoms with Gasteiger partial charge in [-0.15, -0.1) is 0 Å². The first-order chi connectivity index (χ1) is 13.3. The Kier molecular flexibility index (Phi) is 6.74. The molecule has 0 radical (unpaired) electrons. The van der Waals surface area contributed by atoms with Gasteiger partial charge >= 0.3 is 5.69 Å². The van der Waals surface area contributed by atoms with E-state index in [2.05, 4.69) is 15.0 Å². The maximum Gasteiger partial charge on any atom is 0.329 e. The Morgan fingerprint density at radius 3 is 2.43 bits per heavy atom. The Morgan fingerprint density at radius 2 is 1.86 bits per heavy atom. The van der Waals surface area contributed by atoms with E-state index in [1.807, 2.05) is 19.9 Å². The van der Waals surface area contributed by atoms with E-state index in [1.165, 1.54) is 4.57 Å². The van der Waals surface area contributed by atoms with Gasteiger partial charge in [-0.25, -0.2) is 4.79 Å². The van der Waals surface area contributed by atoms with Crippen LogP contribution in [-0.2, 0) is 6.54 Å². The van der Waals surface area contributed by atoms with Gasteiger partial charge in [0.05, 0.1) is 0 Å². The molecule has 1 heterocycles. The summed E-state index contributed by atoms with van der Waals surface area (Å²) in [5.41, 5.74) is 9.74. The number of allylic oxidation sites excluding steroid dienone is 1. The molecular formula is C20H23N5O3. The fourth-order valence-corrected chi connectivity index (χ4v) is 3.12. The fraction of sp³-hybridized carbons (Fsp3) is 0.350. The van der Waals surface area contributed by atoms with Gasteiger partial charge in [0.15, 0.2) is 0 Å². The van der Waals surface area contributed by atoms with Crippen LogP contribution < -0.4 is 11.2 Å². The van der Waals surface area contributed by atoms with Crippen molar-refractivity contribution < 1.29 is 4.79 Å². The Balaban J connectivity index is 2.68. The monoisotopic (exact) mass is 381 g/mol. The van der Waals surface area contributed by atoms with Gasteiger partial charge in [0, 0.05) is 29.1 Å². The highest BCUT2D eigenvalue weighted by atomic mass is 16.2. The maximum absolute atomic E-state index is 13.3. The van der Waals surface area contributed by atoms with Gasteiger partial charge in [0.2, 0.25) is 5.78 Å². The molecule has 0 atom stereocenters. The molecule has 0 aliphatic heterocycles. The molecule has 1 N–H and O–H groups in total. The Labute approximate surface area is 162 Å². The number of hydrogen-bond donors (Lipinski definition) is 1. The van der Waals surface area contributed by atoms with Crippen molar-refractivity contribution in [3.63, 3.8) is 0 Å². The average molecular weight is 381 g/mol. The van der Waals surface area contributed by atoms with Crippen molar-refractivity contribution in [2.75, 3.05) is 6.54 Å². The topological polar surface area (TPSA) is 121 Å². The number of nitrogens with one attached hydrogen (secondary N) is 1. The first-order valence-corrected chi connectivity index (χ1v) is 8.92. The molecule has 0 fully saturated rings. The normalized spacial score (nSPS) is 11.0. The fourth-order valence-electron chi connectivity index (χ4n) is 3.12. The molecule has 0 bridgehead atoms. The van der Waals surface area contributed by atoms with Gasteiger partial charge in [-0.3, -0.25) is 19.1 Å². The number of H-pyrrole nitrogens is 1. The van der Waals surface area contributed by atoms with Crippen LogP contribution in [-0.4, -0.2) is 21.9 Å². The van der Waals surface area contributed by atoms with Gasteiger partial charge in [-0.05, 0) is 37.4 Å². The van der Waals surface area contributed by atoms with Gasteiger partial charge in [-0.1, -0.05) is 48.3 Å². The third kappa shape index (κ3) is 4.66. The Bertz CT molecular complexity index is 1070. The molecular weight excluding hydrogens is 358 g/mol. The molecule has 2 rings (SSSR count). The highest BCUT2D eigenvalue weighted by Gasteiger charge is 2.24. The number of aromatic amines is 1. The van der Waals surface area contributed by atoms with E-state index in [0.29, 0.717) is 5.56 Å². The zero-order chi connectivity index (χ0) is 20.8. The van der Waals surface area contributed by atoms with Crippen LogP contribution in [0.15, 0.2) is 45.1 Å². The highest BCUT2D eigenvalue weighted by molar-refractivity contribution is 6.09. The van der Waals surface area contributed by atoms with E-state index in [9.17, 15) is 14.4 Å². The van der Waals surface area contributed by atoms with E-state index in [1.54, 1.807) is 38.1 Å². The molecule has 1 aromatic carbocycles. The number of aromatic nitrogens is 2. The molecule has 2 aromatic rings. The molecule has 8 heteroatoms. The summed E-state index contributed by atoms with van der Waals surface area (Å²) in [4.78, 5) is 43.2. The third-order valence-corrected chi connectivity index (χ3v) is 4.22. The molecule has 1 aromatic heterocycles. The summed E-state index contributed by atoms with van der Waals surface area (Å²) in [7, 11) is 0. The molecule has 0 unspecified atom stereocenters. The number of carbonyl (C=O) groups is 1. The van der Waals surface area contributed by atoms with E-state index in [-0.39, 0.29) is 36.0 Å². The number of aryl methyl sites for hydroxylation is 2. The number of hydrogen-bond acceptors (Lipinski definition) is 4. The Morgan fingerprint density at radius 1 is 1.21 bits per heavy atom. The number of ketones is 1. The summed E-state index contributed by atoms with van der Waals surface area (Å²) >= 11 is 0. The summed E-state index contributed by atoms with van der Waals surface area (Å²) in [5, 5.41) is 3.39. The first-order valence-electron chi connectivity index (χ1n) is 8.92.